The number of carbonyl (C=O) groups excluding carboxylic acids is 2. The van der Waals surface area contributed by atoms with Crippen molar-refractivity contribution < 1.29 is 19.1 Å². The number of esters is 1. The van der Waals surface area contributed by atoms with Crippen LogP contribution in [0.4, 0.5) is 0 Å². The van der Waals surface area contributed by atoms with Gasteiger partial charge in [-0.1, -0.05) is 18.2 Å². The highest BCUT2D eigenvalue weighted by molar-refractivity contribution is 5.95. The summed E-state index contributed by atoms with van der Waals surface area (Å²) in [7, 11) is 0. The highest BCUT2D eigenvalue weighted by Crippen LogP contribution is 2.37. The number of carbonyl (C=O) groups is 2. The number of ether oxygens (including phenoxy) is 2. The summed E-state index contributed by atoms with van der Waals surface area (Å²) in [6.07, 6.45) is 4.07. The van der Waals surface area contributed by atoms with Crippen molar-refractivity contribution in [3.63, 3.8) is 0 Å². The topological polar surface area (TPSA) is 82.5 Å². The maximum Gasteiger partial charge on any atom is 0.338 e. The Bertz CT molecular complexity index is 960. The first-order valence-corrected chi connectivity index (χ1v) is 11.2. The number of benzene rings is 1. The lowest BCUT2D eigenvalue weighted by Gasteiger charge is -2.36. The molecule has 0 unspecified atom stereocenters. The van der Waals surface area contributed by atoms with Crippen LogP contribution >= 0.6 is 0 Å². The molecule has 1 fully saturated rings. The smallest absolute Gasteiger partial charge is 0.338 e. The summed E-state index contributed by atoms with van der Waals surface area (Å²) in [5.41, 5.74) is 4.25. The van der Waals surface area contributed by atoms with E-state index in [0.29, 0.717) is 43.8 Å². The van der Waals surface area contributed by atoms with Gasteiger partial charge in [0.05, 0.1) is 17.9 Å². The summed E-state index contributed by atoms with van der Waals surface area (Å²) < 4.78 is 12.9. The predicted octanol–water partition coefficient (Wildman–Crippen LogP) is 3.08. The number of rotatable bonds is 6. The summed E-state index contributed by atoms with van der Waals surface area (Å²) in [6.45, 7) is 7.03. The fraction of sp³-hybridized carbons (Fsp3) is 0.542. The van der Waals surface area contributed by atoms with Gasteiger partial charge in [-0.3, -0.25) is 9.48 Å². The van der Waals surface area contributed by atoms with Crippen molar-refractivity contribution in [3.05, 3.63) is 52.3 Å². The lowest BCUT2D eigenvalue weighted by atomic mass is 9.75. The van der Waals surface area contributed by atoms with Crippen LogP contribution in [0.3, 0.4) is 0 Å². The zero-order valence-corrected chi connectivity index (χ0v) is 18.4. The molecule has 4 rings (SSSR count). The third-order valence-electron chi connectivity index (χ3n) is 6.53. The number of aromatic nitrogens is 2. The molecule has 1 N–H and O–H groups in total. The molecule has 0 atom stereocenters. The summed E-state index contributed by atoms with van der Waals surface area (Å²) in [5.74, 6) is -0.332. The van der Waals surface area contributed by atoms with E-state index in [4.69, 9.17) is 14.6 Å². The van der Waals surface area contributed by atoms with Crippen LogP contribution in [-0.4, -0.2) is 48.0 Å². The molecule has 1 amide bonds. The Labute approximate surface area is 183 Å². The fourth-order valence-corrected chi connectivity index (χ4v) is 4.65. The van der Waals surface area contributed by atoms with Crippen molar-refractivity contribution in [2.75, 3.05) is 26.4 Å². The molecule has 3 heterocycles. The second-order valence-corrected chi connectivity index (χ2v) is 8.62. The zero-order valence-electron chi connectivity index (χ0n) is 18.4. The highest BCUT2D eigenvalue weighted by atomic mass is 16.5. The lowest BCUT2D eigenvalue weighted by Crippen LogP contribution is -2.40. The van der Waals surface area contributed by atoms with Crippen molar-refractivity contribution in [1.82, 2.24) is 15.1 Å². The van der Waals surface area contributed by atoms with Gasteiger partial charge >= 0.3 is 5.97 Å². The van der Waals surface area contributed by atoms with Crippen molar-refractivity contribution in [3.8, 4) is 0 Å². The molecule has 1 spiro atoms. The largest absolute Gasteiger partial charge is 0.462 e. The number of nitrogens with zero attached hydrogens (tertiary/aromatic N) is 2. The van der Waals surface area contributed by atoms with E-state index in [1.54, 1.807) is 6.07 Å². The van der Waals surface area contributed by atoms with Crippen LogP contribution in [0.25, 0.3) is 0 Å². The number of fused-ring (bicyclic) bond motifs is 1. The lowest BCUT2D eigenvalue weighted by molar-refractivity contribution is 0.0160. The second kappa shape index (κ2) is 9.22. The van der Waals surface area contributed by atoms with E-state index in [-0.39, 0.29) is 17.3 Å². The molecule has 31 heavy (non-hydrogen) atoms. The van der Waals surface area contributed by atoms with E-state index >= 15 is 0 Å². The molecule has 0 saturated carbocycles. The number of aryl methyl sites for hydroxylation is 3. The van der Waals surface area contributed by atoms with Gasteiger partial charge < -0.3 is 14.8 Å². The van der Waals surface area contributed by atoms with E-state index in [1.165, 1.54) is 0 Å². The monoisotopic (exact) mass is 425 g/mol. The average Bonchev–Trinajstić information content (AvgIpc) is 3.06. The molecule has 0 bridgehead atoms. The molecule has 1 saturated heterocycles. The van der Waals surface area contributed by atoms with Gasteiger partial charge in [-0.05, 0) is 63.0 Å². The number of hydrogen-bond donors (Lipinski definition) is 1. The second-order valence-electron chi connectivity index (χ2n) is 8.62. The molecule has 7 nitrogen and oxygen atoms in total. The van der Waals surface area contributed by atoms with Gasteiger partial charge in [0, 0.05) is 31.9 Å². The van der Waals surface area contributed by atoms with Gasteiger partial charge in [0.25, 0.3) is 5.91 Å². The minimum Gasteiger partial charge on any atom is -0.462 e. The van der Waals surface area contributed by atoms with Crippen LogP contribution < -0.4 is 5.32 Å². The Hall–Kier alpha value is -2.67. The molecule has 0 radical (unpaired) electrons. The zero-order chi connectivity index (χ0) is 21.8. The third kappa shape index (κ3) is 4.51. The number of hydrogen-bond acceptors (Lipinski definition) is 5. The fourth-order valence-electron chi connectivity index (χ4n) is 4.65. The summed E-state index contributed by atoms with van der Waals surface area (Å²) >= 11 is 0. The van der Waals surface area contributed by atoms with E-state index < -0.39 is 0 Å². The Kier molecular flexibility index (Phi) is 6.41. The SMILES string of the molecule is CCn1nc(CCCOC(=O)c2ccccc2C)c2c1C(=O)NCC1(CCOCC1)C2. The molecular formula is C24H31N3O4. The molecule has 2 aromatic rings. The number of nitrogens with one attached hydrogen (secondary N) is 1. The van der Waals surface area contributed by atoms with Crippen LogP contribution in [0.5, 0.6) is 0 Å². The van der Waals surface area contributed by atoms with E-state index in [9.17, 15) is 9.59 Å². The molecule has 7 heteroatoms. The molecule has 166 valence electrons. The van der Waals surface area contributed by atoms with Crippen LogP contribution in [0.15, 0.2) is 24.3 Å². The Balaban J connectivity index is 1.46. The maximum atomic E-state index is 12.9. The molecule has 1 aromatic carbocycles. The van der Waals surface area contributed by atoms with Crippen LogP contribution in [0, 0.1) is 12.3 Å². The van der Waals surface area contributed by atoms with Gasteiger partial charge in [-0.25, -0.2) is 4.79 Å². The van der Waals surface area contributed by atoms with E-state index in [0.717, 1.165) is 49.3 Å². The minimum absolute atomic E-state index is 0.0345. The summed E-state index contributed by atoms with van der Waals surface area (Å²) in [4.78, 5) is 25.2. The molecule has 1 aromatic heterocycles. The summed E-state index contributed by atoms with van der Waals surface area (Å²) in [5, 5.41) is 7.88. The van der Waals surface area contributed by atoms with Crippen LogP contribution in [0.2, 0.25) is 0 Å². The Morgan fingerprint density at radius 1 is 1.29 bits per heavy atom. The average molecular weight is 426 g/mol. The predicted molar refractivity (Wildman–Crippen MR) is 116 cm³/mol. The quantitative estimate of drug-likeness (QED) is 0.568. The van der Waals surface area contributed by atoms with Gasteiger partial charge in [-0.2, -0.15) is 5.10 Å². The molecular weight excluding hydrogens is 394 g/mol. The Morgan fingerprint density at radius 2 is 2.06 bits per heavy atom. The van der Waals surface area contributed by atoms with E-state index in [2.05, 4.69) is 5.32 Å². The van der Waals surface area contributed by atoms with Crippen molar-refractivity contribution >= 4 is 11.9 Å². The Morgan fingerprint density at radius 3 is 2.81 bits per heavy atom. The van der Waals surface area contributed by atoms with Gasteiger partial charge in [0.1, 0.15) is 5.69 Å². The first kappa shape index (κ1) is 21.6. The number of amides is 1. The standard InChI is InChI=1S/C24H31N3O4/c1-3-27-21-19(15-24(16-25-22(21)28)10-13-30-14-11-24)20(26-27)9-6-12-31-23(29)18-8-5-4-7-17(18)2/h4-5,7-8H,3,6,9-16H2,1-2H3,(H,25,28). The van der Waals surface area contributed by atoms with Gasteiger partial charge in [-0.15, -0.1) is 0 Å². The van der Waals surface area contributed by atoms with E-state index in [1.807, 2.05) is 36.7 Å². The molecule has 2 aliphatic heterocycles. The first-order valence-electron chi connectivity index (χ1n) is 11.2. The van der Waals surface area contributed by atoms with Crippen molar-refractivity contribution in [1.29, 1.82) is 0 Å². The third-order valence-corrected chi connectivity index (χ3v) is 6.53. The van der Waals surface area contributed by atoms with Crippen molar-refractivity contribution in [2.45, 2.75) is 52.5 Å². The van der Waals surface area contributed by atoms with Gasteiger partial charge in [0.15, 0.2) is 0 Å². The molecule has 0 aliphatic carbocycles. The first-order chi connectivity index (χ1) is 15.0. The van der Waals surface area contributed by atoms with Crippen molar-refractivity contribution in [2.24, 2.45) is 5.41 Å². The maximum absolute atomic E-state index is 12.9. The highest BCUT2D eigenvalue weighted by Gasteiger charge is 2.39. The molecule has 2 aliphatic rings. The van der Waals surface area contributed by atoms with Crippen LogP contribution in [-0.2, 0) is 28.9 Å². The summed E-state index contributed by atoms with van der Waals surface area (Å²) in [6, 6.07) is 7.43. The minimum atomic E-state index is -0.295. The normalized spacial score (nSPS) is 17.7. The van der Waals surface area contributed by atoms with Gasteiger partial charge in [0.2, 0.25) is 0 Å². The van der Waals surface area contributed by atoms with Crippen LogP contribution in [0.1, 0.15) is 63.9 Å².